The van der Waals surface area contributed by atoms with Gasteiger partial charge >= 0.3 is 0 Å². The molecule has 0 aliphatic heterocycles. The minimum Gasteiger partial charge on any atom is -0.497 e. The fourth-order valence-corrected chi connectivity index (χ4v) is 2.11. The Morgan fingerprint density at radius 3 is 2.24 bits per heavy atom. The van der Waals surface area contributed by atoms with Gasteiger partial charge in [0.1, 0.15) is 11.5 Å². The van der Waals surface area contributed by atoms with Gasteiger partial charge in [-0.1, -0.05) is 0 Å². The minimum atomic E-state index is -0.649. The highest BCUT2D eigenvalue weighted by Gasteiger charge is 2.14. The van der Waals surface area contributed by atoms with Crippen molar-refractivity contribution in [1.82, 2.24) is 9.78 Å². The molecule has 0 radical (unpaired) electrons. The van der Waals surface area contributed by atoms with Crippen LogP contribution in [0.5, 0.6) is 11.5 Å². The fourth-order valence-electron chi connectivity index (χ4n) is 2.11. The molecule has 1 unspecified atom stereocenters. The molecular weight excluding hydrogens is 268 g/mol. The van der Waals surface area contributed by atoms with Crippen molar-refractivity contribution in [3.8, 4) is 11.5 Å². The molecule has 1 aromatic carbocycles. The topological polar surface area (TPSA) is 56.5 Å². The number of ether oxygens (including phenoxy) is 2. The van der Waals surface area contributed by atoms with Gasteiger partial charge in [0.25, 0.3) is 0 Å². The summed E-state index contributed by atoms with van der Waals surface area (Å²) in [6, 6.07) is 7.65. The van der Waals surface area contributed by atoms with Crippen LogP contribution in [0.15, 0.2) is 30.5 Å². The highest BCUT2D eigenvalue weighted by atomic mass is 16.5. The summed E-state index contributed by atoms with van der Waals surface area (Å²) in [6.07, 6.45) is 1.74. The third-order valence-electron chi connectivity index (χ3n) is 3.35. The van der Waals surface area contributed by atoms with Crippen LogP contribution in [0, 0.1) is 0 Å². The van der Waals surface area contributed by atoms with E-state index in [-0.39, 0.29) is 0 Å². The number of nitrogens with zero attached hydrogens (tertiary/aromatic N) is 2. The lowest BCUT2D eigenvalue weighted by Gasteiger charge is -2.13. The lowest BCUT2D eigenvalue weighted by molar-refractivity contribution is 0.176. The quantitative estimate of drug-likeness (QED) is 0.888. The highest BCUT2D eigenvalue weighted by molar-refractivity contribution is 5.39. The molecule has 0 aliphatic carbocycles. The van der Waals surface area contributed by atoms with Gasteiger partial charge in [0.2, 0.25) is 0 Å². The van der Waals surface area contributed by atoms with E-state index in [1.54, 1.807) is 20.3 Å². The monoisotopic (exact) mass is 290 g/mol. The zero-order valence-electron chi connectivity index (χ0n) is 12.9. The molecule has 1 heterocycles. The van der Waals surface area contributed by atoms with Crippen LogP contribution >= 0.6 is 0 Å². The summed E-state index contributed by atoms with van der Waals surface area (Å²) in [6.45, 7) is 4.14. The minimum absolute atomic E-state index is 0.313. The lowest BCUT2D eigenvalue weighted by Crippen LogP contribution is -2.06. The van der Waals surface area contributed by atoms with Crippen molar-refractivity contribution in [2.24, 2.45) is 0 Å². The average molecular weight is 290 g/mol. The maximum atomic E-state index is 10.4. The van der Waals surface area contributed by atoms with Gasteiger partial charge in [-0.05, 0) is 37.6 Å². The first-order valence-electron chi connectivity index (χ1n) is 6.98. The molecule has 0 aliphatic rings. The van der Waals surface area contributed by atoms with E-state index in [9.17, 15) is 5.11 Å². The molecular formula is C16H22N2O3. The van der Waals surface area contributed by atoms with Crippen molar-refractivity contribution in [1.29, 1.82) is 0 Å². The van der Waals surface area contributed by atoms with Crippen LogP contribution in [0.1, 0.15) is 37.3 Å². The summed E-state index contributed by atoms with van der Waals surface area (Å²) < 4.78 is 12.3. The van der Waals surface area contributed by atoms with Gasteiger partial charge in [0.15, 0.2) is 0 Å². The van der Waals surface area contributed by atoms with E-state index >= 15 is 0 Å². The Labute approximate surface area is 125 Å². The first-order valence-corrected chi connectivity index (χ1v) is 6.98. The molecule has 21 heavy (non-hydrogen) atoms. The van der Waals surface area contributed by atoms with Gasteiger partial charge in [-0.2, -0.15) is 5.10 Å². The molecule has 0 saturated carbocycles. The van der Waals surface area contributed by atoms with Crippen molar-refractivity contribution >= 4 is 0 Å². The van der Waals surface area contributed by atoms with E-state index in [1.165, 1.54) is 0 Å². The Bertz CT molecular complexity index is 571. The van der Waals surface area contributed by atoms with Crippen molar-refractivity contribution < 1.29 is 14.6 Å². The summed E-state index contributed by atoms with van der Waals surface area (Å²) in [7, 11) is 3.18. The average Bonchev–Trinajstić information content (AvgIpc) is 2.95. The third kappa shape index (κ3) is 3.76. The number of aliphatic hydroxyl groups is 1. The number of rotatable bonds is 6. The zero-order chi connectivity index (χ0) is 15.4. The van der Waals surface area contributed by atoms with Crippen LogP contribution < -0.4 is 9.47 Å². The fraction of sp³-hybridized carbons (Fsp3) is 0.438. The molecule has 114 valence electrons. The highest BCUT2D eigenvalue weighted by Crippen LogP contribution is 2.28. The van der Waals surface area contributed by atoms with Crippen LogP contribution in [-0.2, 0) is 6.42 Å². The predicted octanol–water partition coefficient (Wildman–Crippen LogP) is 2.76. The maximum absolute atomic E-state index is 10.4. The number of aromatic nitrogens is 2. The van der Waals surface area contributed by atoms with Crippen LogP contribution in [-0.4, -0.2) is 29.1 Å². The third-order valence-corrected chi connectivity index (χ3v) is 3.35. The van der Waals surface area contributed by atoms with Crippen molar-refractivity contribution in [3.63, 3.8) is 0 Å². The number of aliphatic hydroxyl groups excluding tert-OH is 1. The van der Waals surface area contributed by atoms with E-state index in [0.717, 1.165) is 11.3 Å². The second-order valence-corrected chi connectivity index (χ2v) is 5.25. The summed E-state index contributed by atoms with van der Waals surface area (Å²) in [4.78, 5) is 0. The summed E-state index contributed by atoms with van der Waals surface area (Å²) >= 11 is 0. The molecule has 0 bridgehead atoms. The molecule has 2 aromatic rings. The molecule has 2 rings (SSSR count). The Morgan fingerprint density at radius 2 is 1.76 bits per heavy atom. The SMILES string of the molecule is COc1cc(OC)cc(C(O)Cc2ccn(C(C)C)n2)c1. The van der Waals surface area contributed by atoms with Gasteiger partial charge < -0.3 is 14.6 Å². The van der Waals surface area contributed by atoms with Crippen molar-refractivity contribution in [2.45, 2.75) is 32.4 Å². The summed E-state index contributed by atoms with van der Waals surface area (Å²) in [5, 5.41) is 14.9. The number of methoxy groups -OCH3 is 2. The standard InChI is InChI=1S/C16H22N2O3/c1-11(2)18-6-5-13(17-18)9-16(19)12-7-14(20-3)10-15(8-12)21-4/h5-8,10-11,16,19H,9H2,1-4H3. The van der Waals surface area contributed by atoms with Gasteiger partial charge in [-0.25, -0.2) is 0 Å². The molecule has 0 saturated heterocycles. The molecule has 1 aromatic heterocycles. The number of hydrogen-bond acceptors (Lipinski definition) is 4. The lowest BCUT2D eigenvalue weighted by atomic mass is 10.0. The van der Waals surface area contributed by atoms with Crippen LogP contribution in [0.25, 0.3) is 0 Å². The zero-order valence-corrected chi connectivity index (χ0v) is 12.9. The van der Waals surface area contributed by atoms with Crippen LogP contribution in [0.3, 0.4) is 0 Å². The Kier molecular flexibility index (Phi) is 4.85. The molecule has 5 heteroatoms. The summed E-state index contributed by atoms with van der Waals surface area (Å²) in [5.41, 5.74) is 1.61. The Hall–Kier alpha value is -2.01. The smallest absolute Gasteiger partial charge is 0.122 e. The molecule has 1 atom stereocenters. The van der Waals surface area contributed by atoms with Crippen LogP contribution in [0.4, 0.5) is 0 Å². The summed E-state index contributed by atoms with van der Waals surface area (Å²) in [5.74, 6) is 1.33. The number of hydrogen-bond donors (Lipinski definition) is 1. The first-order chi connectivity index (χ1) is 10.0. The largest absolute Gasteiger partial charge is 0.497 e. The van der Waals surface area contributed by atoms with E-state index in [1.807, 2.05) is 29.1 Å². The van der Waals surface area contributed by atoms with Gasteiger partial charge in [-0.3, -0.25) is 4.68 Å². The predicted molar refractivity (Wildman–Crippen MR) is 80.8 cm³/mol. The first kappa shape index (κ1) is 15.4. The van der Waals surface area contributed by atoms with Gasteiger partial charge in [0, 0.05) is 24.7 Å². The molecule has 0 spiro atoms. The maximum Gasteiger partial charge on any atom is 0.122 e. The van der Waals surface area contributed by atoms with Crippen LogP contribution in [0.2, 0.25) is 0 Å². The van der Waals surface area contributed by atoms with Crippen molar-refractivity contribution in [2.75, 3.05) is 14.2 Å². The Morgan fingerprint density at radius 1 is 1.14 bits per heavy atom. The molecule has 0 amide bonds. The second-order valence-electron chi connectivity index (χ2n) is 5.25. The second kappa shape index (κ2) is 6.63. The number of benzene rings is 1. The molecule has 0 fully saturated rings. The van der Waals surface area contributed by atoms with Gasteiger partial charge in [-0.15, -0.1) is 0 Å². The van der Waals surface area contributed by atoms with E-state index in [4.69, 9.17) is 9.47 Å². The van der Waals surface area contributed by atoms with Crippen molar-refractivity contribution in [3.05, 3.63) is 41.7 Å². The van der Waals surface area contributed by atoms with E-state index in [2.05, 4.69) is 18.9 Å². The normalized spacial score (nSPS) is 12.5. The molecule has 5 nitrogen and oxygen atoms in total. The van der Waals surface area contributed by atoms with E-state index < -0.39 is 6.10 Å². The van der Waals surface area contributed by atoms with E-state index in [0.29, 0.717) is 24.0 Å². The van der Waals surface area contributed by atoms with Gasteiger partial charge in [0.05, 0.1) is 26.0 Å². The molecule has 1 N–H and O–H groups in total. The Balaban J connectivity index is 2.16.